The highest BCUT2D eigenvalue weighted by Crippen LogP contribution is 2.36. The topological polar surface area (TPSA) is 65.1 Å². The lowest BCUT2D eigenvalue weighted by Gasteiger charge is -2.14. The fourth-order valence-corrected chi connectivity index (χ4v) is 4.86. The number of rotatable bonds is 10. The average molecular weight is 558 g/mol. The lowest BCUT2D eigenvalue weighted by molar-refractivity contribution is -0.123. The molecular weight excluding hydrogens is 533 g/mol. The van der Waals surface area contributed by atoms with E-state index in [1.165, 1.54) is 10.5 Å². The van der Waals surface area contributed by atoms with Crippen molar-refractivity contribution in [2.24, 2.45) is 0 Å². The third kappa shape index (κ3) is 7.01. The third-order valence-electron chi connectivity index (χ3n) is 5.41. The van der Waals surface area contributed by atoms with Gasteiger partial charge in [-0.15, -0.1) is 0 Å². The number of thioether (sulfide) groups is 1. The summed E-state index contributed by atoms with van der Waals surface area (Å²) in [6.07, 6.45) is 1.67. The number of imide groups is 1. The van der Waals surface area contributed by atoms with Gasteiger partial charge in [0.25, 0.3) is 11.1 Å². The lowest BCUT2D eigenvalue weighted by atomic mass is 10.1. The molecule has 3 aromatic carbocycles. The molecule has 9 heteroatoms. The van der Waals surface area contributed by atoms with Crippen LogP contribution in [-0.2, 0) is 11.3 Å². The number of aryl methyl sites for hydroxylation is 1. The summed E-state index contributed by atoms with van der Waals surface area (Å²) in [6, 6.07) is 18.1. The van der Waals surface area contributed by atoms with Gasteiger partial charge < -0.3 is 14.2 Å². The van der Waals surface area contributed by atoms with Crippen molar-refractivity contribution in [3.8, 4) is 17.2 Å². The maximum absolute atomic E-state index is 13.0. The summed E-state index contributed by atoms with van der Waals surface area (Å²) >= 11 is 13.1. The summed E-state index contributed by atoms with van der Waals surface area (Å²) < 4.78 is 17.3. The highest BCUT2D eigenvalue weighted by atomic mass is 35.5. The number of hydrogen-bond acceptors (Lipinski definition) is 6. The van der Waals surface area contributed by atoms with Crippen molar-refractivity contribution in [3.63, 3.8) is 0 Å². The first-order valence-electron chi connectivity index (χ1n) is 11.6. The summed E-state index contributed by atoms with van der Waals surface area (Å²) in [5, 5.41) is 0.525. The van der Waals surface area contributed by atoms with Crippen molar-refractivity contribution in [1.29, 1.82) is 0 Å². The second-order valence-corrected chi connectivity index (χ2v) is 9.99. The standard InChI is InChI=1S/C28H25Cl2NO5S/c1-3-34-25-14-19(6-11-24(25)36-13-12-35-22-9-4-18(2)5-10-22)15-26-27(32)31(28(33)37-26)17-20-7-8-21(29)16-23(20)30/h4-11,14-16H,3,12-13,17H2,1-2H3/b26-15-. The molecule has 2 amide bonds. The average Bonchev–Trinajstić information content (AvgIpc) is 3.13. The molecule has 4 rings (SSSR count). The van der Waals surface area contributed by atoms with E-state index in [1.54, 1.807) is 36.4 Å². The quantitative estimate of drug-likeness (QED) is 0.191. The third-order valence-corrected chi connectivity index (χ3v) is 6.91. The molecule has 0 atom stereocenters. The zero-order valence-electron chi connectivity index (χ0n) is 20.3. The number of carbonyl (C=O) groups excluding carboxylic acids is 2. The van der Waals surface area contributed by atoms with Gasteiger partial charge in [-0.3, -0.25) is 14.5 Å². The first kappa shape index (κ1) is 26.9. The van der Waals surface area contributed by atoms with Crippen molar-refractivity contribution in [1.82, 2.24) is 4.90 Å². The SMILES string of the molecule is CCOc1cc(/C=C2\SC(=O)N(Cc3ccc(Cl)cc3Cl)C2=O)ccc1OCCOc1ccc(C)cc1. The summed E-state index contributed by atoms with van der Waals surface area (Å²) in [7, 11) is 0. The van der Waals surface area contributed by atoms with Gasteiger partial charge in [0.15, 0.2) is 11.5 Å². The number of benzene rings is 3. The molecule has 1 saturated heterocycles. The minimum absolute atomic E-state index is 0.0691. The molecule has 1 fully saturated rings. The van der Waals surface area contributed by atoms with Crippen molar-refractivity contribution in [2.75, 3.05) is 19.8 Å². The molecule has 0 spiro atoms. The first-order valence-corrected chi connectivity index (χ1v) is 13.2. The fourth-order valence-electron chi connectivity index (χ4n) is 3.56. The van der Waals surface area contributed by atoms with Crippen molar-refractivity contribution >= 4 is 52.2 Å². The Morgan fingerprint density at radius 3 is 2.38 bits per heavy atom. The molecule has 0 unspecified atom stereocenters. The Hall–Kier alpha value is -3.13. The monoisotopic (exact) mass is 557 g/mol. The molecule has 1 heterocycles. The highest BCUT2D eigenvalue weighted by Gasteiger charge is 2.35. The van der Waals surface area contributed by atoms with E-state index in [0.29, 0.717) is 57.4 Å². The molecule has 37 heavy (non-hydrogen) atoms. The normalized spacial score (nSPS) is 14.4. The predicted octanol–water partition coefficient (Wildman–Crippen LogP) is 7.39. The second-order valence-electron chi connectivity index (χ2n) is 8.15. The van der Waals surface area contributed by atoms with Crippen molar-refractivity contribution in [2.45, 2.75) is 20.4 Å². The molecule has 1 aliphatic heterocycles. The van der Waals surface area contributed by atoms with E-state index in [2.05, 4.69) is 0 Å². The molecule has 0 radical (unpaired) electrons. The summed E-state index contributed by atoms with van der Waals surface area (Å²) in [4.78, 5) is 27.0. The van der Waals surface area contributed by atoms with E-state index in [-0.39, 0.29) is 17.7 Å². The van der Waals surface area contributed by atoms with E-state index in [9.17, 15) is 9.59 Å². The lowest BCUT2D eigenvalue weighted by Crippen LogP contribution is -2.27. The molecule has 0 aliphatic carbocycles. The predicted molar refractivity (Wildman–Crippen MR) is 148 cm³/mol. The van der Waals surface area contributed by atoms with Crippen LogP contribution in [0, 0.1) is 6.92 Å². The Morgan fingerprint density at radius 1 is 0.892 bits per heavy atom. The number of nitrogens with zero attached hydrogens (tertiary/aromatic N) is 1. The van der Waals surface area contributed by atoms with Gasteiger partial charge in [-0.1, -0.05) is 53.0 Å². The Bertz CT molecular complexity index is 1330. The number of amides is 2. The molecular formula is C28H25Cl2NO5S. The van der Waals surface area contributed by atoms with Crippen LogP contribution in [0.3, 0.4) is 0 Å². The highest BCUT2D eigenvalue weighted by molar-refractivity contribution is 8.18. The molecule has 3 aromatic rings. The number of carbonyl (C=O) groups is 2. The molecule has 0 bridgehead atoms. The van der Waals surface area contributed by atoms with Crippen LogP contribution in [-0.4, -0.2) is 35.9 Å². The van der Waals surface area contributed by atoms with E-state index in [0.717, 1.165) is 17.5 Å². The minimum Gasteiger partial charge on any atom is -0.490 e. The van der Waals surface area contributed by atoms with Gasteiger partial charge in [0.2, 0.25) is 0 Å². The number of halogens is 2. The van der Waals surface area contributed by atoms with Crippen molar-refractivity contribution in [3.05, 3.63) is 92.3 Å². The Balaban J connectivity index is 1.42. The fraction of sp³-hybridized carbons (Fsp3) is 0.214. The Morgan fingerprint density at radius 2 is 1.65 bits per heavy atom. The summed E-state index contributed by atoms with van der Waals surface area (Å²) in [6.45, 7) is 5.12. The maximum atomic E-state index is 13.0. The van der Waals surface area contributed by atoms with Gasteiger partial charge in [0.05, 0.1) is 18.1 Å². The maximum Gasteiger partial charge on any atom is 0.293 e. The Kier molecular flexibility index (Phi) is 9.03. The van der Waals surface area contributed by atoms with E-state index >= 15 is 0 Å². The van der Waals surface area contributed by atoms with Crippen molar-refractivity contribution < 1.29 is 23.8 Å². The van der Waals surface area contributed by atoms with E-state index < -0.39 is 0 Å². The molecule has 1 aliphatic rings. The largest absolute Gasteiger partial charge is 0.490 e. The van der Waals surface area contributed by atoms with Gasteiger partial charge in [0, 0.05) is 10.0 Å². The van der Waals surface area contributed by atoms with Crippen LogP contribution in [0.25, 0.3) is 6.08 Å². The zero-order valence-corrected chi connectivity index (χ0v) is 22.7. The van der Waals surface area contributed by atoms with Gasteiger partial charge in [-0.05, 0) is 79.2 Å². The van der Waals surface area contributed by atoms with E-state index in [1.807, 2.05) is 44.2 Å². The zero-order chi connectivity index (χ0) is 26.4. The number of hydrogen-bond donors (Lipinski definition) is 0. The van der Waals surface area contributed by atoms with Gasteiger partial charge in [0.1, 0.15) is 19.0 Å². The molecule has 0 N–H and O–H groups in total. The van der Waals surface area contributed by atoms with Crippen LogP contribution in [0.5, 0.6) is 17.2 Å². The summed E-state index contributed by atoms with van der Waals surface area (Å²) in [5.74, 6) is 1.50. The van der Waals surface area contributed by atoms with Crippen LogP contribution >= 0.6 is 35.0 Å². The van der Waals surface area contributed by atoms with Crippen LogP contribution < -0.4 is 14.2 Å². The molecule has 192 valence electrons. The minimum atomic E-state index is -0.382. The van der Waals surface area contributed by atoms with Crippen LogP contribution in [0.4, 0.5) is 4.79 Å². The first-order chi connectivity index (χ1) is 17.8. The van der Waals surface area contributed by atoms with E-state index in [4.69, 9.17) is 37.4 Å². The molecule has 0 saturated carbocycles. The van der Waals surface area contributed by atoms with Crippen LogP contribution in [0.15, 0.2) is 65.6 Å². The van der Waals surface area contributed by atoms with Crippen LogP contribution in [0.1, 0.15) is 23.6 Å². The Labute approximate surface area is 230 Å². The smallest absolute Gasteiger partial charge is 0.293 e. The van der Waals surface area contributed by atoms with Gasteiger partial charge >= 0.3 is 0 Å². The van der Waals surface area contributed by atoms with Crippen LogP contribution in [0.2, 0.25) is 10.0 Å². The molecule has 0 aromatic heterocycles. The van der Waals surface area contributed by atoms with Gasteiger partial charge in [-0.2, -0.15) is 0 Å². The molecule has 6 nitrogen and oxygen atoms in total. The number of ether oxygens (including phenoxy) is 3. The summed E-state index contributed by atoms with van der Waals surface area (Å²) in [5.41, 5.74) is 2.52. The van der Waals surface area contributed by atoms with Gasteiger partial charge in [-0.25, -0.2) is 0 Å². The second kappa shape index (κ2) is 12.4.